The van der Waals surface area contributed by atoms with Crippen LogP contribution in [0.3, 0.4) is 0 Å². The number of anilines is 1. The summed E-state index contributed by atoms with van der Waals surface area (Å²) in [6.07, 6.45) is 4.95. The van der Waals surface area contributed by atoms with Crippen LogP contribution in [0.4, 0.5) is 5.69 Å². The van der Waals surface area contributed by atoms with Gasteiger partial charge in [-0.25, -0.2) is 0 Å². The van der Waals surface area contributed by atoms with Crippen LogP contribution >= 0.6 is 0 Å². The lowest BCUT2D eigenvalue weighted by atomic mass is 9.99. The molecule has 0 saturated heterocycles. The molecule has 0 aliphatic rings. The average molecular weight is 259 g/mol. The average Bonchev–Trinajstić information content (AvgIpc) is 2.38. The minimum absolute atomic E-state index is 0.677. The molecule has 1 atom stereocenters. The number of hydrogen-bond donors (Lipinski definition) is 1. The molecule has 0 radical (unpaired) electrons. The van der Waals surface area contributed by atoms with E-state index in [4.69, 9.17) is 0 Å². The first kappa shape index (κ1) is 15.5. The Hall–Kier alpha value is -1.56. The van der Waals surface area contributed by atoms with E-state index in [9.17, 15) is 5.26 Å². The maximum Gasteiger partial charge on any atom is 0.103 e. The summed E-state index contributed by atoms with van der Waals surface area (Å²) in [5.41, 5.74) is 3.38. The van der Waals surface area contributed by atoms with E-state index >= 15 is 0 Å². The molecular weight excluding hydrogens is 234 g/mol. The van der Waals surface area contributed by atoms with Crippen molar-refractivity contribution in [3.8, 4) is 6.07 Å². The molecule has 1 heterocycles. The second-order valence-electron chi connectivity index (χ2n) is 5.18. The zero-order valence-electron chi connectivity index (χ0n) is 12.6. The molecule has 0 aliphatic heterocycles. The van der Waals surface area contributed by atoms with Gasteiger partial charge in [0.2, 0.25) is 0 Å². The summed E-state index contributed by atoms with van der Waals surface area (Å²) < 4.78 is 0. The Morgan fingerprint density at radius 2 is 2.11 bits per heavy atom. The maximum atomic E-state index is 9.22. The van der Waals surface area contributed by atoms with Gasteiger partial charge in [-0.05, 0) is 32.3 Å². The second-order valence-corrected chi connectivity index (χ2v) is 5.18. The molecule has 1 unspecified atom stereocenters. The van der Waals surface area contributed by atoms with Crippen molar-refractivity contribution in [2.24, 2.45) is 5.92 Å². The molecule has 104 valence electrons. The number of pyridine rings is 1. The zero-order valence-corrected chi connectivity index (χ0v) is 12.6. The molecule has 0 spiro atoms. The molecule has 19 heavy (non-hydrogen) atoms. The van der Waals surface area contributed by atoms with Crippen LogP contribution < -0.4 is 5.32 Å². The highest BCUT2D eigenvalue weighted by atomic mass is 14.9. The van der Waals surface area contributed by atoms with E-state index in [0.29, 0.717) is 11.5 Å². The van der Waals surface area contributed by atoms with Crippen molar-refractivity contribution in [3.05, 3.63) is 23.0 Å². The molecule has 0 bridgehead atoms. The SMILES string of the molecule is CCCCC(CC)CNc1cc(C)nc(C)c1C#N. The number of unbranched alkanes of at least 4 members (excludes halogenated alkanes) is 1. The lowest BCUT2D eigenvalue weighted by molar-refractivity contribution is 0.472. The first-order chi connectivity index (χ1) is 9.12. The van der Waals surface area contributed by atoms with E-state index in [-0.39, 0.29) is 0 Å². The Morgan fingerprint density at radius 1 is 1.37 bits per heavy atom. The van der Waals surface area contributed by atoms with Crippen LogP contribution in [-0.2, 0) is 0 Å². The van der Waals surface area contributed by atoms with Crippen LogP contribution in [0.15, 0.2) is 6.07 Å². The Balaban J connectivity index is 2.74. The van der Waals surface area contributed by atoms with Crippen molar-refractivity contribution in [1.82, 2.24) is 4.98 Å². The van der Waals surface area contributed by atoms with Gasteiger partial charge in [0, 0.05) is 12.2 Å². The van der Waals surface area contributed by atoms with Gasteiger partial charge in [0.05, 0.1) is 16.9 Å². The van der Waals surface area contributed by atoms with Gasteiger partial charge in [-0.3, -0.25) is 4.98 Å². The Bertz CT molecular complexity index is 446. The van der Waals surface area contributed by atoms with Crippen molar-refractivity contribution >= 4 is 5.69 Å². The summed E-state index contributed by atoms with van der Waals surface area (Å²) in [4.78, 5) is 4.34. The fourth-order valence-corrected chi connectivity index (χ4v) is 2.31. The van der Waals surface area contributed by atoms with E-state index in [2.05, 4.69) is 30.2 Å². The normalized spacial score (nSPS) is 11.9. The molecule has 1 aromatic heterocycles. The minimum atomic E-state index is 0.677. The Kier molecular flexibility index (Phi) is 6.35. The van der Waals surface area contributed by atoms with Gasteiger partial charge >= 0.3 is 0 Å². The highest BCUT2D eigenvalue weighted by Gasteiger charge is 2.10. The third-order valence-electron chi connectivity index (χ3n) is 3.56. The van der Waals surface area contributed by atoms with Gasteiger partial charge in [-0.2, -0.15) is 5.26 Å². The number of nitrogens with one attached hydrogen (secondary N) is 1. The smallest absolute Gasteiger partial charge is 0.103 e. The van der Waals surface area contributed by atoms with Gasteiger partial charge in [-0.15, -0.1) is 0 Å². The molecule has 0 amide bonds. The van der Waals surface area contributed by atoms with Gasteiger partial charge in [0.1, 0.15) is 6.07 Å². The van der Waals surface area contributed by atoms with Crippen molar-refractivity contribution in [3.63, 3.8) is 0 Å². The fraction of sp³-hybridized carbons (Fsp3) is 0.625. The summed E-state index contributed by atoms with van der Waals surface area (Å²) in [5.74, 6) is 0.681. The molecule has 3 nitrogen and oxygen atoms in total. The molecule has 1 rings (SSSR count). The van der Waals surface area contributed by atoms with Crippen molar-refractivity contribution in [2.75, 3.05) is 11.9 Å². The summed E-state index contributed by atoms with van der Waals surface area (Å²) in [7, 11) is 0. The van der Waals surface area contributed by atoms with Crippen LogP contribution in [0.5, 0.6) is 0 Å². The van der Waals surface area contributed by atoms with Gasteiger partial charge in [0.25, 0.3) is 0 Å². The van der Waals surface area contributed by atoms with Gasteiger partial charge < -0.3 is 5.32 Å². The monoisotopic (exact) mass is 259 g/mol. The zero-order chi connectivity index (χ0) is 14.3. The fourth-order valence-electron chi connectivity index (χ4n) is 2.31. The predicted octanol–water partition coefficient (Wildman–Crippen LogP) is 4.20. The van der Waals surface area contributed by atoms with Gasteiger partial charge in [0.15, 0.2) is 0 Å². The third kappa shape index (κ3) is 4.55. The number of aromatic nitrogens is 1. The van der Waals surface area contributed by atoms with E-state index in [1.54, 1.807) is 0 Å². The molecule has 1 N–H and O–H groups in total. The topological polar surface area (TPSA) is 48.7 Å². The van der Waals surface area contributed by atoms with Crippen LogP contribution in [0, 0.1) is 31.1 Å². The standard InChI is InChI=1S/C16H25N3/c1-5-7-8-14(6-2)11-18-16-9-12(3)19-13(4)15(16)10-17/h9,14H,5-8,11H2,1-4H3,(H,18,19). The Labute approximate surface area is 117 Å². The largest absolute Gasteiger partial charge is 0.384 e. The quantitative estimate of drug-likeness (QED) is 0.798. The minimum Gasteiger partial charge on any atom is -0.384 e. The van der Waals surface area contributed by atoms with E-state index in [1.807, 2.05) is 19.9 Å². The van der Waals surface area contributed by atoms with Gasteiger partial charge in [-0.1, -0.05) is 33.1 Å². The molecule has 3 heteroatoms. The van der Waals surface area contributed by atoms with Crippen LogP contribution in [0.25, 0.3) is 0 Å². The summed E-state index contributed by atoms with van der Waals surface area (Å²) in [5, 5.41) is 12.7. The number of hydrogen-bond acceptors (Lipinski definition) is 3. The summed E-state index contributed by atoms with van der Waals surface area (Å²) in [6, 6.07) is 4.22. The van der Waals surface area contributed by atoms with Crippen LogP contribution in [0.2, 0.25) is 0 Å². The highest BCUT2D eigenvalue weighted by Crippen LogP contribution is 2.20. The Morgan fingerprint density at radius 3 is 2.68 bits per heavy atom. The predicted molar refractivity (Wildman–Crippen MR) is 80.2 cm³/mol. The van der Waals surface area contributed by atoms with Crippen LogP contribution in [-0.4, -0.2) is 11.5 Å². The number of aryl methyl sites for hydroxylation is 2. The summed E-state index contributed by atoms with van der Waals surface area (Å²) in [6.45, 7) is 9.26. The molecular formula is C16H25N3. The van der Waals surface area contributed by atoms with Crippen molar-refractivity contribution in [2.45, 2.75) is 53.4 Å². The van der Waals surface area contributed by atoms with E-state index in [0.717, 1.165) is 23.6 Å². The molecule has 0 aliphatic carbocycles. The lowest BCUT2D eigenvalue weighted by Gasteiger charge is -2.17. The number of rotatable bonds is 7. The molecule has 0 aromatic carbocycles. The van der Waals surface area contributed by atoms with Crippen molar-refractivity contribution < 1.29 is 0 Å². The first-order valence-electron chi connectivity index (χ1n) is 7.24. The second kappa shape index (κ2) is 7.78. The molecule has 1 aromatic rings. The van der Waals surface area contributed by atoms with E-state index < -0.39 is 0 Å². The maximum absolute atomic E-state index is 9.22. The molecule has 0 saturated carbocycles. The summed E-state index contributed by atoms with van der Waals surface area (Å²) >= 11 is 0. The third-order valence-corrected chi connectivity index (χ3v) is 3.56. The van der Waals surface area contributed by atoms with E-state index in [1.165, 1.54) is 25.7 Å². The lowest BCUT2D eigenvalue weighted by Crippen LogP contribution is -2.15. The van der Waals surface area contributed by atoms with Crippen LogP contribution in [0.1, 0.15) is 56.5 Å². The molecule has 0 fully saturated rings. The highest BCUT2D eigenvalue weighted by molar-refractivity contribution is 5.59. The van der Waals surface area contributed by atoms with Crippen molar-refractivity contribution in [1.29, 1.82) is 5.26 Å². The first-order valence-corrected chi connectivity index (χ1v) is 7.24. The number of nitriles is 1. The number of nitrogens with zero attached hydrogens (tertiary/aromatic N) is 2.